The van der Waals surface area contributed by atoms with Gasteiger partial charge in [0.25, 0.3) is 6.20 Å². The summed E-state index contributed by atoms with van der Waals surface area (Å²) in [5, 5.41) is 22.9. The second-order valence-corrected chi connectivity index (χ2v) is 6.24. The van der Waals surface area contributed by atoms with E-state index in [0.29, 0.717) is 18.9 Å². The van der Waals surface area contributed by atoms with E-state index in [0.717, 1.165) is 28.4 Å². The quantitative estimate of drug-likeness (QED) is 0.267. The molecular weight excluding hydrogens is 328 g/mol. The average Bonchev–Trinajstić information content (AvgIpc) is 2.92. The van der Waals surface area contributed by atoms with Gasteiger partial charge in [-0.15, -0.1) is 16.2 Å². The smallest absolute Gasteiger partial charge is 0.274 e. The molecule has 0 saturated carbocycles. The lowest BCUT2D eigenvalue weighted by Crippen LogP contribution is -2.26. The molecule has 2 N–H and O–H groups in total. The molecule has 22 heavy (non-hydrogen) atoms. The summed E-state index contributed by atoms with van der Waals surface area (Å²) in [5.41, 5.74) is 0.957. The first-order chi connectivity index (χ1) is 10.5. The number of aromatic nitrogens is 1. The second kappa shape index (κ2) is 9.95. The van der Waals surface area contributed by atoms with Gasteiger partial charge in [-0.05, 0) is 0 Å². The van der Waals surface area contributed by atoms with Crippen molar-refractivity contribution in [3.8, 4) is 0 Å². The first-order valence-corrected chi connectivity index (χ1v) is 8.41. The first kappa shape index (κ1) is 18.2. The van der Waals surface area contributed by atoms with Crippen LogP contribution >= 0.6 is 23.1 Å². The summed E-state index contributed by atoms with van der Waals surface area (Å²) in [6.07, 6.45) is 0.898. The SMILES string of the molecule is CN/C(=C\[N+](=O)[O-])NCCSCc1csc(CN(C)N=O)n1. The number of thiazole rings is 1. The highest BCUT2D eigenvalue weighted by molar-refractivity contribution is 7.98. The molecule has 0 unspecified atom stereocenters. The van der Waals surface area contributed by atoms with Crippen LogP contribution in [-0.4, -0.2) is 41.3 Å². The van der Waals surface area contributed by atoms with Crippen LogP contribution in [0, 0.1) is 15.0 Å². The van der Waals surface area contributed by atoms with E-state index in [1.807, 2.05) is 5.38 Å². The van der Waals surface area contributed by atoms with Crippen LogP contribution in [0.1, 0.15) is 10.7 Å². The highest BCUT2D eigenvalue weighted by Crippen LogP contribution is 2.16. The van der Waals surface area contributed by atoms with Crippen molar-refractivity contribution in [2.45, 2.75) is 12.3 Å². The summed E-state index contributed by atoms with van der Waals surface area (Å²) in [4.78, 5) is 24.6. The molecule has 1 aromatic rings. The normalized spacial score (nSPS) is 11.1. The zero-order chi connectivity index (χ0) is 16.4. The van der Waals surface area contributed by atoms with E-state index < -0.39 is 4.92 Å². The Balaban J connectivity index is 2.24. The van der Waals surface area contributed by atoms with Gasteiger partial charge in [0.1, 0.15) is 5.01 Å². The molecular formula is C11H18N6O3S2. The van der Waals surface area contributed by atoms with Gasteiger partial charge in [-0.1, -0.05) is 0 Å². The van der Waals surface area contributed by atoms with Crippen LogP contribution in [0.4, 0.5) is 0 Å². The van der Waals surface area contributed by atoms with Gasteiger partial charge in [-0.2, -0.15) is 11.8 Å². The predicted molar refractivity (Wildman–Crippen MR) is 87.7 cm³/mol. The van der Waals surface area contributed by atoms with Crippen molar-refractivity contribution in [3.63, 3.8) is 0 Å². The summed E-state index contributed by atoms with van der Waals surface area (Å²) >= 11 is 3.17. The highest BCUT2D eigenvalue weighted by atomic mass is 32.2. The Morgan fingerprint density at radius 1 is 1.68 bits per heavy atom. The molecule has 0 radical (unpaired) electrons. The number of thioether (sulfide) groups is 1. The average molecular weight is 346 g/mol. The van der Waals surface area contributed by atoms with Crippen molar-refractivity contribution in [2.24, 2.45) is 5.29 Å². The van der Waals surface area contributed by atoms with Crippen LogP contribution in [0.15, 0.2) is 22.7 Å². The minimum atomic E-state index is -0.506. The van der Waals surface area contributed by atoms with Crippen molar-refractivity contribution < 1.29 is 4.92 Å². The lowest BCUT2D eigenvalue weighted by molar-refractivity contribution is -0.404. The molecule has 122 valence electrons. The van der Waals surface area contributed by atoms with Gasteiger partial charge < -0.3 is 10.6 Å². The van der Waals surface area contributed by atoms with Crippen LogP contribution in [0.5, 0.6) is 0 Å². The third-order valence-corrected chi connectivity index (χ3v) is 4.29. The van der Waals surface area contributed by atoms with E-state index in [4.69, 9.17) is 0 Å². The Morgan fingerprint density at radius 2 is 2.45 bits per heavy atom. The van der Waals surface area contributed by atoms with E-state index in [1.54, 1.807) is 25.9 Å². The largest absolute Gasteiger partial charge is 0.370 e. The number of nitrogens with zero attached hydrogens (tertiary/aromatic N) is 4. The molecule has 0 saturated heterocycles. The summed E-state index contributed by atoms with van der Waals surface area (Å²) in [6.45, 7) is 1.03. The predicted octanol–water partition coefficient (Wildman–Crippen LogP) is 1.37. The maximum Gasteiger partial charge on any atom is 0.274 e. The molecule has 0 atom stereocenters. The topological polar surface area (TPSA) is 113 Å². The van der Waals surface area contributed by atoms with Gasteiger partial charge >= 0.3 is 0 Å². The zero-order valence-corrected chi connectivity index (χ0v) is 13.9. The van der Waals surface area contributed by atoms with Crippen molar-refractivity contribution >= 4 is 23.1 Å². The molecule has 0 fully saturated rings. The fraction of sp³-hybridized carbons (Fsp3) is 0.545. The summed E-state index contributed by atoms with van der Waals surface area (Å²) < 4.78 is 0. The molecule has 0 aromatic carbocycles. The summed E-state index contributed by atoms with van der Waals surface area (Å²) in [5.74, 6) is 1.93. The van der Waals surface area contributed by atoms with Crippen LogP contribution in [0.25, 0.3) is 0 Å². The van der Waals surface area contributed by atoms with E-state index in [1.165, 1.54) is 16.3 Å². The molecule has 0 spiro atoms. The van der Waals surface area contributed by atoms with Crippen molar-refractivity contribution in [1.29, 1.82) is 0 Å². The Morgan fingerprint density at radius 3 is 3.09 bits per heavy atom. The number of hydrogen-bond acceptors (Lipinski definition) is 9. The molecule has 0 aliphatic rings. The highest BCUT2D eigenvalue weighted by Gasteiger charge is 2.05. The maximum atomic E-state index is 10.4. The van der Waals surface area contributed by atoms with Crippen molar-refractivity contribution in [3.05, 3.63) is 43.1 Å². The van der Waals surface area contributed by atoms with Crippen LogP contribution in [0.3, 0.4) is 0 Å². The molecule has 0 bridgehead atoms. The molecule has 11 heteroatoms. The Kier molecular flexibility index (Phi) is 8.22. The lowest BCUT2D eigenvalue weighted by atomic mass is 10.5. The van der Waals surface area contributed by atoms with Gasteiger partial charge in [0, 0.05) is 37.5 Å². The van der Waals surface area contributed by atoms with E-state index >= 15 is 0 Å². The van der Waals surface area contributed by atoms with Crippen molar-refractivity contribution in [1.82, 2.24) is 20.6 Å². The van der Waals surface area contributed by atoms with Crippen LogP contribution < -0.4 is 10.6 Å². The number of rotatable bonds is 11. The van der Waals surface area contributed by atoms with Crippen LogP contribution in [0.2, 0.25) is 0 Å². The number of nitroso groups, excluding NO2 is 1. The number of nitrogens with one attached hydrogen (secondary N) is 2. The minimum absolute atomic E-state index is 0.381. The summed E-state index contributed by atoms with van der Waals surface area (Å²) in [6, 6.07) is 0. The Hall–Kier alpha value is -1.88. The Labute approximate surface area is 136 Å². The number of hydrogen-bond donors (Lipinski definition) is 2. The van der Waals surface area contributed by atoms with Crippen molar-refractivity contribution in [2.75, 3.05) is 26.4 Å². The minimum Gasteiger partial charge on any atom is -0.370 e. The van der Waals surface area contributed by atoms with Gasteiger partial charge in [0.15, 0.2) is 5.82 Å². The summed E-state index contributed by atoms with van der Waals surface area (Å²) in [7, 11) is 3.23. The molecule has 1 rings (SSSR count). The monoisotopic (exact) mass is 346 g/mol. The zero-order valence-electron chi connectivity index (χ0n) is 12.3. The fourth-order valence-electron chi connectivity index (χ4n) is 1.45. The standard InChI is InChI=1S/C11H18N6O3S2/c1-12-10(5-17(19)20)13-3-4-21-7-9-8-22-11(14-9)6-16(2)15-18/h5,8,12-13H,3-4,6-7H2,1-2H3/b10-5+. The van der Waals surface area contributed by atoms with E-state index in [-0.39, 0.29) is 0 Å². The molecule has 0 amide bonds. The molecule has 0 aliphatic carbocycles. The molecule has 1 heterocycles. The van der Waals surface area contributed by atoms with Crippen LogP contribution in [-0.2, 0) is 12.3 Å². The third-order valence-electron chi connectivity index (χ3n) is 2.42. The van der Waals surface area contributed by atoms with E-state index in [9.17, 15) is 15.0 Å². The van der Waals surface area contributed by atoms with Gasteiger partial charge in [0.2, 0.25) is 0 Å². The van der Waals surface area contributed by atoms with E-state index in [2.05, 4.69) is 20.9 Å². The third kappa shape index (κ3) is 7.22. The molecule has 9 nitrogen and oxygen atoms in total. The number of nitro groups is 1. The second-order valence-electron chi connectivity index (χ2n) is 4.19. The molecule has 0 aliphatic heterocycles. The first-order valence-electron chi connectivity index (χ1n) is 6.37. The fourth-order valence-corrected chi connectivity index (χ4v) is 3.14. The van der Waals surface area contributed by atoms with Gasteiger partial charge in [-0.25, -0.2) is 4.98 Å². The maximum absolute atomic E-state index is 10.4. The van der Waals surface area contributed by atoms with Gasteiger partial charge in [0.05, 0.1) is 22.4 Å². The lowest BCUT2D eigenvalue weighted by Gasteiger charge is -2.07. The Bertz CT molecular complexity index is 522. The van der Waals surface area contributed by atoms with Gasteiger partial charge in [-0.3, -0.25) is 15.1 Å². The molecule has 1 aromatic heterocycles.